The van der Waals surface area contributed by atoms with Gasteiger partial charge in [-0.1, -0.05) is 6.07 Å². The summed E-state index contributed by atoms with van der Waals surface area (Å²) in [4.78, 5) is -0.880. The first-order valence-corrected chi connectivity index (χ1v) is 6.51. The molecule has 18 heavy (non-hydrogen) atoms. The van der Waals surface area contributed by atoms with Gasteiger partial charge in [-0.25, -0.2) is 17.2 Å². The third-order valence-electron chi connectivity index (χ3n) is 2.83. The first-order valence-electron chi connectivity index (χ1n) is 5.07. The molecule has 1 heterocycles. The Kier molecular flexibility index (Phi) is 4.66. The maximum atomic E-state index is 13.4. The molecule has 0 amide bonds. The molecule has 1 aromatic carbocycles. The van der Waals surface area contributed by atoms with Crippen molar-refractivity contribution in [2.45, 2.75) is 10.9 Å². The van der Waals surface area contributed by atoms with E-state index in [4.69, 9.17) is 0 Å². The van der Waals surface area contributed by atoms with Gasteiger partial charge in [-0.3, -0.25) is 0 Å². The van der Waals surface area contributed by atoms with Gasteiger partial charge in [-0.2, -0.15) is 4.31 Å². The highest BCUT2D eigenvalue weighted by Crippen LogP contribution is 2.23. The number of benzene rings is 1. The summed E-state index contributed by atoms with van der Waals surface area (Å²) in [7, 11) is -2.79. The van der Waals surface area contributed by atoms with Crippen LogP contribution in [0.5, 0.6) is 0 Å². The van der Waals surface area contributed by atoms with Crippen LogP contribution in [-0.2, 0) is 10.0 Å². The predicted molar refractivity (Wildman–Crippen MR) is 65.2 cm³/mol. The number of sulfonamides is 1. The van der Waals surface area contributed by atoms with Gasteiger partial charge in [0, 0.05) is 26.2 Å². The summed E-state index contributed by atoms with van der Waals surface area (Å²) in [6.07, 6.45) is 0. The van der Waals surface area contributed by atoms with E-state index in [-0.39, 0.29) is 18.4 Å². The molecule has 1 N–H and O–H groups in total. The molecule has 4 nitrogen and oxygen atoms in total. The van der Waals surface area contributed by atoms with E-state index in [1.807, 2.05) is 0 Å². The van der Waals surface area contributed by atoms with E-state index in [1.54, 1.807) is 0 Å². The molecular weight excluding hydrogens is 286 g/mol. The fraction of sp³-hybridized carbons (Fsp3) is 0.400. The standard InChI is InChI=1S/C10H12F2N2O2S.ClH/c1-14(7-5-13-6-7)17(15,16)10-8(11)3-2-4-9(10)12;/h2-4,7,13H,5-6H2,1H3;1H. The van der Waals surface area contributed by atoms with Crippen LogP contribution in [-0.4, -0.2) is 38.9 Å². The zero-order valence-electron chi connectivity index (χ0n) is 9.56. The second-order valence-corrected chi connectivity index (χ2v) is 5.82. The third kappa shape index (κ3) is 2.49. The zero-order valence-corrected chi connectivity index (χ0v) is 11.2. The average molecular weight is 299 g/mol. The monoisotopic (exact) mass is 298 g/mol. The molecule has 1 aliphatic rings. The van der Waals surface area contributed by atoms with Crippen LogP contribution < -0.4 is 5.32 Å². The lowest BCUT2D eigenvalue weighted by Crippen LogP contribution is -2.57. The number of nitrogens with one attached hydrogen (secondary N) is 1. The van der Waals surface area contributed by atoms with Crippen LogP contribution in [0.3, 0.4) is 0 Å². The molecule has 0 saturated carbocycles. The lowest BCUT2D eigenvalue weighted by molar-refractivity contribution is 0.272. The molecule has 1 aliphatic heterocycles. The number of hydrogen-bond donors (Lipinski definition) is 1. The Morgan fingerprint density at radius 2 is 1.78 bits per heavy atom. The lowest BCUT2D eigenvalue weighted by Gasteiger charge is -2.34. The Morgan fingerprint density at radius 3 is 2.17 bits per heavy atom. The fourth-order valence-electron chi connectivity index (χ4n) is 1.60. The van der Waals surface area contributed by atoms with Gasteiger partial charge in [0.2, 0.25) is 10.0 Å². The first kappa shape index (κ1) is 15.3. The van der Waals surface area contributed by atoms with Crippen molar-refractivity contribution in [3.8, 4) is 0 Å². The molecule has 0 spiro atoms. The van der Waals surface area contributed by atoms with Crippen LogP contribution in [0.4, 0.5) is 8.78 Å². The van der Waals surface area contributed by atoms with E-state index in [0.29, 0.717) is 13.1 Å². The highest BCUT2D eigenvalue weighted by molar-refractivity contribution is 7.89. The van der Waals surface area contributed by atoms with Gasteiger partial charge in [0.15, 0.2) is 4.90 Å². The normalized spacial score (nSPS) is 16.2. The van der Waals surface area contributed by atoms with E-state index in [0.717, 1.165) is 22.5 Å². The minimum absolute atomic E-state index is 0. The Labute approximate surface area is 110 Å². The van der Waals surface area contributed by atoms with E-state index < -0.39 is 26.6 Å². The van der Waals surface area contributed by atoms with Gasteiger partial charge < -0.3 is 5.32 Å². The van der Waals surface area contributed by atoms with Crippen molar-refractivity contribution < 1.29 is 17.2 Å². The second kappa shape index (κ2) is 5.48. The summed E-state index contributed by atoms with van der Waals surface area (Å²) in [6, 6.07) is 2.75. The smallest absolute Gasteiger partial charge is 0.249 e. The Bertz CT molecular complexity index is 514. The second-order valence-electron chi connectivity index (χ2n) is 3.88. The van der Waals surface area contributed by atoms with E-state index >= 15 is 0 Å². The quantitative estimate of drug-likeness (QED) is 0.905. The molecular formula is C10H13ClF2N2O2S. The maximum absolute atomic E-state index is 13.4. The van der Waals surface area contributed by atoms with Crippen molar-refractivity contribution in [1.82, 2.24) is 9.62 Å². The van der Waals surface area contributed by atoms with Crippen molar-refractivity contribution in [2.24, 2.45) is 0 Å². The summed E-state index contributed by atoms with van der Waals surface area (Å²) in [6.45, 7) is 0.984. The van der Waals surface area contributed by atoms with Gasteiger partial charge in [-0.15, -0.1) is 12.4 Å². The van der Waals surface area contributed by atoms with Crippen molar-refractivity contribution in [3.63, 3.8) is 0 Å². The number of likely N-dealkylation sites (N-methyl/N-ethyl adjacent to an activating group) is 1. The molecule has 8 heteroatoms. The summed E-state index contributed by atoms with van der Waals surface area (Å²) < 4.78 is 51.9. The fourth-order valence-corrected chi connectivity index (χ4v) is 3.06. The largest absolute Gasteiger partial charge is 0.313 e. The topological polar surface area (TPSA) is 49.4 Å². The molecule has 0 aliphatic carbocycles. The van der Waals surface area contributed by atoms with Crippen molar-refractivity contribution >= 4 is 22.4 Å². The van der Waals surface area contributed by atoms with E-state index in [1.165, 1.54) is 7.05 Å². The van der Waals surface area contributed by atoms with Gasteiger partial charge in [0.1, 0.15) is 11.6 Å². The Hall–Kier alpha value is -0.760. The molecule has 0 radical (unpaired) electrons. The van der Waals surface area contributed by atoms with Crippen LogP contribution in [0.1, 0.15) is 0 Å². The average Bonchev–Trinajstić information content (AvgIpc) is 2.13. The Morgan fingerprint density at radius 1 is 1.28 bits per heavy atom. The van der Waals surface area contributed by atoms with Gasteiger partial charge in [0.25, 0.3) is 0 Å². The SMILES string of the molecule is CN(C1CNC1)S(=O)(=O)c1c(F)cccc1F.Cl. The summed E-state index contributed by atoms with van der Waals surface area (Å²) in [5.41, 5.74) is 0. The third-order valence-corrected chi connectivity index (χ3v) is 4.79. The predicted octanol–water partition coefficient (Wildman–Crippen LogP) is 0.979. The van der Waals surface area contributed by atoms with Crippen LogP contribution in [0.2, 0.25) is 0 Å². The minimum Gasteiger partial charge on any atom is -0.313 e. The molecule has 2 rings (SSSR count). The van der Waals surface area contributed by atoms with Gasteiger partial charge in [-0.05, 0) is 12.1 Å². The van der Waals surface area contributed by atoms with E-state index in [9.17, 15) is 17.2 Å². The molecule has 102 valence electrons. The maximum Gasteiger partial charge on any atom is 0.249 e. The zero-order chi connectivity index (χ0) is 12.6. The minimum atomic E-state index is -4.12. The van der Waals surface area contributed by atoms with Crippen molar-refractivity contribution in [3.05, 3.63) is 29.8 Å². The number of nitrogens with zero attached hydrogens (tertiary/aromatic N) is 1. The van der Waals surface area contributed by atoms with Crippen molar-refractivity contribution in [1.29, 1.82) is 0 Å². The summed E-state index contributed by atoms with van der Waals surface area (Å²) in [5.74, 6) is -2.13. The highest BCUT2D eigenvalue weighted by Gasteiger charge is 2.35. The molecule has 0 atom stereocenters. The number of halogens is 3. The van der Waals surface area contributed by atoms with Gasteiger partial charge >= 0.3 is 0 Å². The number of rotatable bonds is 3. The van der Waals surface area contributed by atoms with Crippen LogP contribution >= 0.6 is 12.4 Å². The molecule has 1 aromatic rings. The molecule has 0 bridgehead atoms. The van der Waals surface area contributed by atoms with Crippen LogP contribution in [0.15, 0.2) is 23.1 Å². The highest BCUT2D eigenvalue weighted by atomic mass is 35.5. The van der Waals surface area contributed by atoms with Crippen LogP contribution in [0, 0.1) is 11.6 Å². The molecule has 1 fully saturated rings. The first-order chi connectivity index (χ1) is 7.94. The molecule has 0 unspecified atom stereocenters. The van der Waals surface area contributed by atoms with Crippen LogP contribution in [0.25, 0.3) is 0 Å². The number of hydrogen-bond acceptors (Lipinski definition) is 3. The van der Waals surface area contributed by atoms with Crippen molar-refractivity contribution in [2.75, 3.05) is 20.1 Å². The van der Waals surface area contributed by atoms with Gasteiger partial charge in [0.05, 0.1) is 0 Å². The molecule has 1 saturated heterocycles. The lowest BCUT2D eigenvalue weighted by atomic mass is 10.2. The summed E-state index contributed by atoms with van der Waals surface area (Å²) >= 11 is 0. The van der Waals surface area contributed by atoms with E-state index in [2.05, 4.69) is 5.32 Å². The molecule has 0 aromatic heterocycles. The summed E-state index contributed by atoms with van der Waals surface area (Å²) in [5, 5.41) is 2.90. The Balaban J connectivity index is 0.00000162.